The van der Waals surface area contributed by atoms with Gasteiger partial charge in [-0.1, -0.05) is 12.5 Å². The number of pyridine rings is 1. The van der Waals surface area contributed by atoms with E-state index >= 15 is 0 Å². The Labute approximate surface area is 205 Å². The molecule has 8 heteroatoms. The van der Waals surface area contributed by atoms with Crippen molar-refractivity contribution >= 4 is 35.8 Å². The molecule has 0 aromatic carbocycles. The predicted octanol–water partition coefficient (Wildman–Crippen LogP) is 3.24. The number of hydrogen-bond donors (Lipinski definition) is 2. The van der Waals surface area contributed by atoms with Crippen LogP contribution in [0.1, 0.15) is 52.5 Å². The van der Waals surface area contributed by atoms with Gasteiger partial charge in [0.05, 0.1) is 12.2 Å². The van der Waals surface area contributed by atoms with Crippen molar-refractivity contribution in [3.05, 3.63) is 23.9 Å². The second-order valence-corrected chi connectivity index (χ2v) is 9.33. The van der Waals surface area contributed by atoms with Crippen molar-refractivity contribution in [2.45, 2.75) is 71.2 Å². The summed E-state index contributed by atoms with van der Waals surface area (Å²) in [6, 6.07) is 4.25. The summed E-state index contributed by atoms with van der Waals surface area (Å²) >= 11 is 0. The van der Waals surface area contributed by atoms with Crippen molar-refractivity contribution in [1.29, 1.82) is 0 Å². The number of hydrogen-bond acceptors (Lipinski definition) is 5. The molecular weight excluding hydrogens is 503 g/mol. The molecule has 7 nitrogen and oxygen atoms in total. The lowest BCUT2D eigenvalue weighted by Crippen LogP contribution is -2.54. The first-order chi connectivity index (χ1) is 14.4. The quantitative estimate of drug-likeness (QED) is 0.326. The zero-order valence-electron chi connectivity index (χ0n) is 19.9. The second-order valence-electron chi connectivity index (χ2n) is 9.33. The molecular formula is C23H41IN6O. The summed E-state index contributed by atoms with van der Waals surface area (Å²) in [5.74, 6) is 1.85. The standard InChI is InChI=1S/C23H40N6O.HI/c1-18-15-28(16-19(2)30-18)21-10-9-20(13-25-21)14-26-22(24-5)27-17-23(3,4)29-11-7-6-8-12-29;/h9-10,13,18-19H,6-8,11-12,14-17H2,1-5H3,(H2,24,26,27);1H. The molecule has 0 saturated carbocycles. The zero-order chi connectivity index (χ0) is 21.6. The van der Waals surface area contributed by atoms with E-state index in [0.717, 1.165) is 37.0 Å². The molecule has 0 aliphatic carbocycles. The van der Waals surface area contributed by atoms with E-state index < -0.39 is 0 Å². The molecule has 3 heterocycles. The maximum atomic E-state index is 5.82. The molecule has 2 aliphatic heterocycles. The molecule has 0 amide bonds. The smallest absolute Gasteiger partial charge is 0.191 e. The van der Waals surface area contributed by atoms with E-state index in [1.54, 1.807) is 0 Å². The van der Waals surface area contributed by atoms with Crippen LogP contribution in [-0.2, 0) is 11.3 Å². The van der Waals surface area contributed by atoms with Crippen molar-refractivity contribution in [2.24, 2.45) is 4.99 Å². The SMILES string of the molecule is CN=C(NCc1ccc(N2CC(C)OC(C)C2)nc1)NCC(C)(C)N1CCCCC1.I. The van der Waals surface area contributed by atoms with E-state index in [0.29, 0.717) is 6.54 Å². The van der Waals surface area contributed by atoms with Crippen molar-refractivity contribution in [3.8, 4) is 0 Å². The maximum absolute atomic E-state index is 5.82. The van der Waals surface area contributed by atoms with Crippen LogP contribution in [0.15, 0.2) is 23.3 Å². The van der Waals surface area contributed by atoms with Gasteiger partial charge in [0.1, 0.15) is 5.82 Å². The molecule has 2 aliphatic rings. The lowest BCUT2D eigenvalue weighted by Gasteiger charge is -2.41. The first kappa shape index (κ1) is 26.1. The zero-order valence-corrected chi connectivity index (χ0v) is 22.2. The van der Waals surface area contributed by atoms with Gasteiger partial charge >= 0.3 is 0 Å². The summed E-state index contributed by atoms with van der Waals surface area (Å²) < 4.78 is 5.82. The molecule has 2 N–H and O–H groups in total. The van der Waals surface area contributed by atoms with Crippen LogP contribution in [0.3, 0.4) is 0 Å². The third-order valence-electron chi connectivity index (χ3n) is 6.14. The second kappa shape index (κ2) is 12.2. The van der Waals surface area contributed by atoms with Crippen LogP contribution in [0.5, 0.6) is 0 Å². The van der Waals surface area contributed by atoms with E-state index in [1.807, 2.05) is 13.2 Å². The summed E-state index contributed by atoms with van der Waals surface area (Å²) in [5.41, 5.74) is 1.26. The molecule has 2 fully saturated rings. The van der Waals surface area contributed by atoms with Gasteiger partial charge in [-0.3, -0.25) is 9.89 Å². The number of ether oxygens (including phenoxy) is 1. The number of likely N-dealkylation sites (tertiary alicyclic amines) is 1. The minimum absolute atomic E-state index is 0. The molecule has 3 rings (SSSR count). The average molecular weight is 545 g/mol. The molecule has 1 aromatic rings. The Hall–Kier alpha value is -1.13. The van der Waals surface area contributed by atoms with Crippen molar-refractivity contribution in [3.63, 3.8) is 0 Å². The molecule has 2 atom stereocenters. The summed E-state index contributed by atoms with van der Waals surface area (Å²) in [7, 11) is 1.82. The number of anilines is 1. The molecule has 0 bridgehead atoms. The minimum atomic E-state index is 0. The highest BCUT2D eigenvalue weighted by Gasteiger charge is 2.28. The number of aromatic nitrogens is 1. The molecule has 0 spiro atoms. The molecule has 176 valence electrons. The minimum Gasteiger partial charge on any atom is -0.372 e. The normalized spacial score (nSPS) is 23.3. The van der Waals surface area contributed by atoms with E-state index in [-0.39, 0.29) is 41.7 Å². The van der Waals surface area contributed by atoms with Crippen LogP contribution in [0.4, 0.5) is 5.82 Å². The number of halogens is 1. The highest BCUT2D eigenvalue weighted by atomic mass is 127. The van der Waals surface area contributed by atoms with Crippen molar-refractivity contribution in [2.75, 3.05) is 44.7 Å². The van der Waals surface area contributed by atoms with Crippen LogP contribution in [0.25, 0.3) is 0 Å². The monoisotopic (exact) mass is 544 g/mol. The first-order valence-corrected chi connectivity index (χ1v) is 11.4. The summed E-state index contributed by atoms with van der Waals surface area (Å²) in [6.45, 7) is 14.6. The predicted molar refractivity (Wildman–Crippen MR) is 140 cm³/mol. The summed E-state index contributed by atoms with van der Waals surface area (Å²) in [4.78, 5) is 14.0. The van der Waals surface area contributed by atoms with E-state index in [1.165, 1.54) is 32.4 Å². The fourth-order valence-corrected chi connectivity index (χ4v) is 4.39. The Kier molecular flexibility index (Phi) is 10.3. The number of rotatable bonds is 6. The van der Waals surface area contributed by atoms with E-state index in [9.17, 15) is 0 Å². The third-order valence-corrected chi connectivity index (χ3v) is 6.14. The lowest BCUT2D eigenvalue weighted by molar-refractivity contribution is -0.00545. The van der Waals surface area contributed by atoms with Crippen LogP contribution < -0.4 is 15.5 Å². The topological polar surface area (TPSA) is 65.0 Å². The maximum Gasteiger partial charge on any atom is 0.191 e. The average Bonchev–Trinajstić information content (AvgIpc) is 2.74. The van der Waals surface area contributed by atoms with Crippen molar-refractivity contribution < 1.29 is 4.74 Å². The number of guanidine groups is 1. The van der Waals surface area contributed by atoms with Gasteiger partial charge in [-0.05, 0) is 65.3 Å². The van der Waals surface area contributed by atoms with Gasteiger partial charge in [0.25, 0.3) is 0 Å². The molecule has 1 aromatic heterocycles. The molecule has 2 unspecified atom stereocenters. The van der Waals surface area contributed by atoms with Crippen molar-refractivity contribution in [1.82, 2.24) is 20.5 Å². The fourth-order valence-electron chi connectivity index (χ4n) is 4.39. The highest BCUT2D eigenvalue weighted by Crippen LogP contribution is 2.20. The van der Waals surface area contributed by atoms with Crippen LogP contribution in [-0.4, -0.2) is 73.4 Å². The van der Waals surface area contributed by atoms with Gasteiger partial charge < -0.3 is 20.3 Å². The van der Waals surface area contributed by atoms with Gasteiger partial charge in [0.15, 0.2) is 5.96 Å². The van der Waals surface area contributed by atoms with E-state index in [2.05, 4.69) is 70.2 Å². The number of nitrogens with one attached hydrogen (secondary N) is 2. The molecule has 2 saturated heterocycles. The Balaban J connectivity index is 0.00000341. The Bertz CT molecular complexity index is 680. The Morgan fingerprint density at radius 2 is 1.81 bits per heavy atom. The Morgan fingerprint density at radius 1 is 1.13 bits per heavy atom. The number of nitrogens with zero attached hydrogens (tertiary/aromatic N) is 4. The first-order valence-electron chi connectivity index (χ1n) is 11.4. The molecule has 31 heavy (non-hydrogen) atoms. The molecule has 0 radical (unpaired) electrons. The van der Waals surface area contributed by atoms with Crippen LogP contribution >= 0.6 is 24.0 Å². The third kappa shape index (κ3) is 7.75. The fraction of sp³-hybridized carbons (Fsp3) is 0.739. The summed E-state index contributed by atoms with van der Waals surface area (Å²) in [6.07, 6.45) is 6.40. The number of piperidine rings is 1. The van der Waals surface area contributed by atoms with Gasteiger partial charge in [0.2, 0.25) is 0 Å². The van der Waals surface area contributed by atoms with Gasteiger partial charge in [-0.2, -0.15) is 0 Å². The lowest BCUT2D eigenvalue weighted by atomic mass is 9.98. The highest BCUT2D eigenvalue weighted by molar-refractivity contribution is 14.0. The van der Waals surface area contributed by atoms with Gasteiger partial charge in [-0.25, -0.2) is 4.98 Å². The Morgan fingerprint density at radius 3 is 2.39 bits per heavy atom. The number of morpholine rings is 1. The van der Waals surface area contributed by atoms with Crippen LogP contribution in [0, 0.1) is 0 Å². The van der Waals surface area contributed by atoms with Crippen LogP contribution in [0.2, 0.25) is 0 Å². The summed E-state index contributed by atoms with van der Waals surface area (Å²) in [5, 5.41) is 6.93. The van der Waals surface area contributed by atoms with Gasteiger partial charge in [-0.15, -0.1) is 24.0 Å². The van der Waals surface area contributed by atoms with Gasteiger partial charge in [0, 0.05) is 45.0 Å². The number of aliphatic imine (C=N–C) groups is 1. The van der Waals surface area contributed by atoms with E-state index in [4.69, 9.17) is 4.74 Å². The largest absolute Gasteiger partial charge is 0.372 e.